The molecule has 1 atom stereocenters. The van der Waals surface area contributed by atoms with Gasteiger partial charge in [-0.15, -0.1) is 21.5 Å². The van der Waals surface area contributed by atoms with E-state index in [1.54, 1.807) is 17.7 Å². The summed E-state index contributed by atoms with van der Waals surface area (Å²) >= 11 is 3.06. The molecule has 3 heterocycles. The highest BCUT2D eigenvalue weighted by Gasteiger charge is 2.24. The fraction of sp³-hybridized carbons (Fsp3) is 0.300. The molecule has 29 heavy (non-hydrogen) atoms. The molecule has 9 heteroatoms. The van der Waals surface area contributed by atoms with Gasteiger partial charge in [0.2, 0.25) is 5.91 Å². The van der Waals surface area contributed by atoms with Crippen LogP contribution < -0.4 is 5.32 Å². The van der Waals surface area contributed by atoms with Gasteiger partial charge < -0.3 is 5.32 Å². The largest absolute Gasteiger partial charge is 0.325 e. The van der Waals surface area contributed by atoms with E-state index in [1.165, 1.54) is 52.9 Å². The molecular formula is C20H18FN5OS2. The monoisotopic (exact) mass is 427 g/mol. The van der Waals surface area contributed by atoms with Gasteiger partial charge in [-0.3, -0.25) is 9.20 Å². The summed E-state index contributed by atoms with van der Waals surface area (Å²) in [7, 11) is 0. The van der Waals surface area contributed by atoms with Crippen LogP contribution >= 0.6 is 23.1 Å². The number of halogens is 1. The maximum Gasteiger partial charge on any atom is 0.234 e. The van der Waals surface area contributed by atoms with Gasteiger partial charge >= 0.3 is 0 Å². The number of carbonyl (C=O) groups is 1. The van der Waals surface area contributed by atoms with E-state index in [-0.39, 0.29) is 17.5 Å². The highest BCUT2D eigenvalue weighted by atomic mass is 32.2. The van der Waals surface area contributed by atoms with Gasteiger partial charge in [0.05, 0.1) is 11.1 Å². The molecule has 1 amide bonds. The van der Waals surface area contributed by atoms with Crippen molar-refractivity contribution in [2.75, 3.05) is 11.1 Å². The molecule has 0 fully saturated rings. The Labute approximate surface area is 174 Å². The zero-order valence-electron chi connectivity index (χ0n) is 15.7. The van der Waals surface area contributed by atoms with Gasteiger partial charge in [0.1, 0.15) is 17.0 Å². The number of rotatable bonds is 4. The molecule has 0 saturated heterocycles. The molecule has 0 saturated carbocycles. The Bertz CT molecular complexity index is 1220. The third kappa shape index (κ3) is 3.49. The quantitative estimate of drug-likeness (QED) is 0.491. The second-order valence-electron chi connectivity index (χ2n) is 7.30. The van der Waals surface area contributed by atoms with Crippen LogP contribution in [0.1, 0.15) is 23.8 Å². The molecule has 148 valence electrons. The van der Waals surface area contributed by atoms with E-state index in [0.29, 0.717) is 16.8 Å². The van der Waals surface area contributed by atoms with Crippen molar-refractivity contribution in [3.63, 3.8) is 0 Å². The molecule has 0 bridgehead atoms. The predicted octanol–water partition coefficient (Wildman–Crippen LogP) is 4.33. The number of amides is 1. The Morgan fingerprint density at radius 2 is 2.17 bits per heavy atom. The maximum atomic E-state index is 13.0. The van der Waals surface area contributed by atoms with Crippen molar-refractivity contribution in [3.05, 3.63) is 46.9 Å². The molecule has 0 radical (unpaired) electrons. The van der Waals surface area contributed by atoms with Crippen molar-refractivity contribution >= 4 is 50.6 Å². The molecule has 0 unspecified atom stereocenters. The molecule has 4 aromatic rings. The van der Waals surface area contributed by atoms with Gasteiger partial charge in [0.25, 0.3) is 0 Å². The molecule has 3 aromatic heterocycles. The lowest BCUT2D eigenvalue weighted by atomic mass is 9.89. The summed E-state index contributed by atoms with van der Waals surface area (Å²) in [5, 5.41) is 13.2. The van der Waals surface area contributed by atoms with E-state index < -0.39 is 0 Å². The molecule has 1 N–H and O–H groups in total. The molecule has 1 aromatic carbocycles. The average molecular weight is 428 g/mol. The number of aryl methyl sites for hydroxylation is 1. The Balaban J connectivity index is 1.38. The number of hydrogen-bond donors (Lipinski definition) is 1. The number of carbonyl (C=O) groups excluding carboxylic acids is 1. The molecular weight excluding hydrogens is 409 g/mol. The van der Waals surface area contributed by atoms with E-state index in [9.17, 15) is 9.18 Å². The van der Waals surface area contributed by atoms with Crippen LogP contribution in [0.4, 0.5) is 10.1 Å². The van der Waals surface area contributed by atoms with Gasteiger partial charge in [-0.05, 0) is 55.0 Å². The number of thioether (sulfide) groups is 1. The van der Waals surface area contributed by atoms with E-state index in [1.807, 2.05) is 4.40 Å². The van der Waals surface area contributed by atoms with Crippen LogP contribution in [0.3, 0.4) is 0 Å². The highest BCUT2D eigenvalue weighted by Crippen LogP contribution is 2.39. The minimum absolute atomic E-state index is 0.176. The minimum Gasteiger partial charge on any atom is -0.325 e. The third-order valence-corrected chi connectivity index (χ3v) is 7.24. The van der Waals surface area contributed by atoms with Gasteiger partial charge in [-0.2, -0.15) is 0 Å². The van der Waals surface area contributed by atoms with Crippen LogP contribution in [0.15, 0.2) is 35.7 Å². The molecule has 0 spiro atoms. The number of benzene rings is 1. The zero-order chi connectivity index (χ0) is 20.0. The van der Waals surface area contributed by atoms with E-state index in [2.05, 4.69) is 27.4 Å². The van der Waals surface area contributed by atoms with Crippen molar-refractivity contribution in [2.24, 2.45) is 5.92 Å². The number of nitrogens with zero attached hydrogens (tertiary/aromatic N) is 4. The first-order chi connectivity index (χ1) is 14.1. The van der Waals surface area contributed by atoms with Crippen LogP contribution in [0.5, 0.6) is 0 Å². The topological polar surface area (TPSA) is 72.2 Å². The van der Waals surface area contributed by atoms with Crippen LogP contribution in [-0.4, -0.2) is 31.2 Å². The van der Waals surface area contributed by atoms with Gasteiger partial charge in [-0.1, -0.05) is 18.7 Å². The van der Waals surface area contributed by atoms with Crippen molar-refractivity contribution < 1.29 is 9.18 Å². The van der Waals surface area contributed by atoms with E-state index in [4.69, 9.17) is 0 Å². The Kier molecular flexibility index (Phi) is 4.71. The van der Waals surface area contributed by atoms with Crippen LogP contribution in [0.25, 0.3) is 15.9 Å². The first-order valence-corrected chi connectivity index (χ1v) is 11.2. The first-order valence-electron chi connectivity index (χ1n) is 9.40. The van der Waals surface area contributed by atoms with E-state index in [0.717, 1.165) is 28.7 Å². The van der Waals surface area contributed by atoms with Crippen molar-refractivity contribution in [1.29, 1.82) is 0 Å². The second kappa shape index (κ2) is 7.38. The van der Waals surface area contributed by atoms with Crippen LogP contribution in [-0.2, 0) is 17.6 Å². The SMILES string of the molecule is C[C@@H]1CCc2c(sc3ncn4c(SCC(=O)Nc5ccc(F)cc5)nnc4c23)C1. The smallest absolute Gasteiger partial charge is 0.234 e. The molecule has 5 rings (SSSR count). The highest BCUT2D eigenvalue weighted by molar-refractivity contribution is 7.99. The third-order valence-electron chi connectivity index (χ3n) is 5.13. The number of aromatic nitrogens is 4. The number of nitrogens with one attached hydrogen (secondary N) is 1. The fourth-order valence-corrected chi connectivity index (χ4v) is 5.73. The Morgan fingerprint density at radius 3 is 3.00 bits per heavy atom. The fourth-order valence-electron chi connectivity index (χ4n) is 3.68. The summed E-state index contributed by atoms with van der Waals surface area (Å²) in [4.78, 5) is 19.3. The van der Waals surface area contributed by atoms with Gasteiger partial charge in [0.15, 0.2) is 10.8 Å². The molecule has 0 aliphatic heterocycles. The Morgan fingerprint density at radius 1 is 1.34 bits per heavy atom. The average Bonchev–Trinajstić information content (AvgIpc) is 3.28. The first kappa shape index (κ1) is 18.5. The summed E-state index contributed by atoms with van der Waals surface area (Å²) in [5.41, 5.74) is 2.73. The van der Waals surface area contributed by atoms with Crippen molar-refractivity contribution in [2.45, 2.75) is 31.3 Å². The molecule has 6 nitrogen and oxygen atoms in total. The van der Waals surface area contributed by atoms with Gasteiger partial charge in [-0.25, -0.2) is 9.37 Å². The summed E-state index contributed by atoms with van der Waals surface area (Å²) in [6, 6.07) is 5.69. The number of hydrogen-bond acceptors (Lipinski definition) is 6. The summed E-state index contributed by atoms with van der Waals surface area (Å²) in [6.45, 7) is 2.29. The van der Waals surface area contributed by atoms with Crippen LogP contribution in [0.2, 0.25) is 0 Å². The number of fused-ring (bicyclic) bond motifs is 5. The van der Waals surface area contributed by atoms with Crippen molar-refractivity contribution in [3.8, 4) is 0 Å². The normalized spacial score (nSPS) is 16.3. The van der Waals surface area contributed by atoms with Gasteiger partial charge in [0, 0.05) is 10.6 Å². The lowest BCUT2D eigenvalue weighted by Crippen LogP contribution is -2.14. The number of anilines is 1. The van der Waals surface area contributed by atoms with Crippen molar-refractivity contribution in [1.82, 2.24) is 19.6 Å². The lowest BCUT2D eigenvalue weighted by molar-refractivity contribution is -0.113. The standard InChI is InChI=1S/C20H18FN5OS2/c1-11-2-7-14-15(8-11)29-19-17(14)18-24-25-20(26(18)10-22-19)28-9-16(27)23-13-5-3-12(21)4-6-13/h3-6,10-11H,2,7-9H2,1H3,(H,23,27)/t11-/m1/s1. The summed E-state index contributed by atoms with van der Waals surface area (Å²) in [6.07, 6.45) is 5.07. The van der Waals surface area contributed by atoms with Crippen LogP contribution in [0, 0.1) is 11.7 Å². The second-order valence-corrected chi connectivity index (χ2v) is 9.32. The lowest BCUT2D eigenvalue weighted by Gasteiger charge is -2.17. The maximum absolute atomic E-state index is 13.0. The molecule has 1 aliphatic carbocycles. The zero-order valence-corrected chi connectivity index (χ0v) is 17.3. The summed E-state index contributed by atoms with van der Waals surface area (Å²) < 4.78 is 14.8. The molecule has 1 aliphatic rings. The van der Waals surface area contributed by atoms with E-state index >= 15 is 0 Å². The Hall–Kier alpha value is -2.52. The summed E-state index contributed by atoms with van der Waals surface area (Å²) in [5.74, 6) is 0.357. The number of thiophene rings is 1. The minimum atomic E-state index is -0.337. The predicted molar refractivity (Wildman–Crippen MR) is 113 cm³/mol.